The van der Waals surface area contributed by atoms with Gasteiger partial charge >= 0.3 is 0 Å². The van der Waals surface area contributed by atoms with Crippen LogP contribution in [0.3, 0.4) is 0 Å². The fraction of sp³-hybridized carbons (Fsp3) is 0.807. The van der Waals surface area contributed by atoms with Crippen molar-refractivity contribution in [3.63, 3.8) is 0 Å². The zero-order chi connectivity index (χ0) is 45.1. The molecule has 1 amide bonds. The van der Waals surface area contributed by atoms with E-state index in [-0.39, 0.29) is 18.9 Å². The molecule has 3 unspecified atom stereocenters. The molecule has 0 bridgehead atoms. The van der Waals surface area contributed by atoms with Crippen molar-refractivity contribution in [1.29, 1.82) is 0 Å². The maximum absolute atomic E-state index is 12.5. The Bertz CT molecular complexity index is 1050. The number of hydrogen-bond donors (Lipinski definition) is 4. The van der Waals surface area contributed by atoms with E-state index in [4.69, 9.17) is 0 Å². The van der Waals surface area contributed by atoms with Crippen LogP contribution < -0.4 is 5.32 Å². The molecule has 0 rings (SSSR count). The number of aliphatic hydroxyl groups is 3. The normalized spacial score (nSPS) is 13.8. The molecule has 0 saturated heterocycles. The molecule has 0 aromatic rings. The van der Waals surface area contributed by atoms with Crippen molar-refractivity contribution in [1.82, 2.24) is 5.32 Å². The summed E-state index contributed by atoms with van der Waals surface area (Å²) < 4.78 is 0. The molecule has 0 aromatic heterocycles. The summed E-state index contributed by atoms with van der Waals surface area (Å²) in [6.07, 6.45) is 69.7. The number of hydrogen-bond acceptors (Lipinski definition) is 4. The molecule has 0 aliphatic rings. The smallest absolute Gasteiger partial charge is 0.222 e. The van der Waals surface area contributed by atoms with Crippen LogP contribution in [-0.2, 0) is 4.79 Å². The molecule has 62 heavy (non-hydrogen) atoms. The molecule has 5 heteroatoms. The second kappa shape index (κ2) is 51.7. The van der Waals surface area contributed by atoms with Crippen LogP contribution >= 0.6 is 0 Å². The number of amides is 1. The number of nitrogens with one attached hydrogen (secondary N) is 1. The van der Waals surface area contributed by atoms with Crippen LogP contribution in [0.4, 0.5) is 0 Å². The van der Waals surface area contributed by atoms with E-state index >= 15 is 0 Å². The van der Waals surface area contributed by atoms with Crippen molar-refractivity contribution in [3.05, 3.63) is 60.8 Å². The number of allylic oxidation sites excluding steroid dienone is 9. The summed E-state index contributed by atoms with van der Waals surface area (Å²) in [4.78, 5) is 12.5. The first-order valence-electron chi connectivity index (χ1n) is 27.1. The summed E-state index contributed by atoms with van der Waals surface area (Å²) in [5.74, 6) is -0.329. The summed E-state index contributed by atoms with van der Waals surface area (Å²) in [5, 5.41) is 33.4. The Morgan fingerprint density at radius 2 is 0.742 bits per heavy atom. The van der Waals surface area contributed by atoms with Crippen LogP contribution in [0.1, 0.15) is 271 Å². The van der Waals surface area contributed by atoms with Gasteiger partial charge in [-0.25, -0.2) is 0 Å². The number of carbonyl (C=O) groups excluding carboxylic acids is 1. The van der Waals surface area contributed by atoms with E-state index in [1.165, 1.54) is 199 Å². The van der Waals surface area contributed by atoms with Gasteiger partial charge in [0.15, 0.2) is 0 Å². The van der Waals surface area contributed by atoms with E-state index in [1.807, 2.05) is 6.08 Å². The monoisotopic (exact) mass is 868 g/mol. The Kier molecular flexibility index (Phi) is 50.1. The van der Waals surface area contributed by atoms with E-state index in [0.29, 0.717) is 6.42 Å². The largest absolute Gasteiger partial charge is 0.394 e. The summed E-state index contributed by atoms with van der Waals surface area (Å²) in [7, 11) is 0. The minimum Gasteiger partial charge on any atom is -0.394 e. The zero-order valence-electron chi connectivity index (χ0n) is 41.2. The topological polar surface area (TPSA) is 89.8 Å². The van der Waals surface area contributed by atoms with Gasteiger partial charge in [-0.05, 0) is 77.0 Å². The average molecular weight is 868 g/mol. The lowest BCUT2D eigenvalue weighted by Gasteiger charge is -2.21. The predicted molar refractivity (Wildman–Crippen MR) is 273 cm³/mol. The lowest BCUT2D eigenvalue weighted by atomic mass is 10.0. The highest BCUT2D eigenvalue weighted by molar-refractivity contribution is 5.76. The van der Waals surface area contributed by atoms with Gasteiger partial charge in [-0.2, -0.15) is 0 Å². The fourth-order valence-electron chi connectivity index (χ4n) is 8.11. The van der Waals surface area contributed by atoms with Crippen molar-refractivity contribution < 1.29 is 20.1 Å². The van der Waals surface area contributed by atoms with E-state index in [0.717, 1.165) is 44.9 Å². The molecule has 5 nitrogen and oxygen atoms in total. The Balaban J connectivity index is 3.63. The Hall–Kier alpha value is -1.95. The summed E-state index contributed by atoms with van der Waals surface area (Å²) in [5.41, 5.74) is 0. The Morgan fingerprint density at radius 1 is 0.419 bits per heavy atom. The van der Waals surface area contributed by atoms with Crippen LogP contribution in [0.5, 0.6) is 0 Å². The average Bonchev–Trinajstić information content (AvgIpc) is 3.27. The molecule has 0 fully saturated rings. The first-order valence-corrected chi connectivity index (χ1v) is 27.1. The van der Waals surface area contributed by atoms with Gasteiger partial charge in [0, 0.05) is 0 Å². The molecular formula is C57H105NO4. The third-order valence-electron chi connectivity index (χ3n) is 12.3. The quantitative estimate of drug-likeness (QED) is 0.0362. The molecular weight excluding hydrogens is 763 g/mol. The minimum atomic E-state index is -0.962. The fourth-order valence-corrected chi connectivity index (χ4v) is 8.11. The van der Waals surface area contributed by atoms with Crippen LogP contribution in [0.25, 0.3) is 0 Å². The number of carbonyl (C=O) groups is 1. The van der Waals surface area contributed by atoms with E-state index in [9.17, 15) is 20.1 Å². The predicted octanol–water partition coefficient (Wildman–Crippen LogP) is 16.6. The maximum Gasteiger partial charge on any atom is 0.222 e. The van der Waals surface area contributed by atoms with Gasteiger partial charge in [0.25, 0.3) is 0 Å². The molecule has 0 heterocycles. The highest BCUT2D eigenvalue weighted by Gasteiger charge is 2.20. The van der Waals surface area contributed by atoms with Crippen LogP contribution in [-0.4, -0.2) is 46.1 Å². The molecule has 362 valence electrons. The van der Waals surface area contributed by atoms with E-state index < -0.39 is 18.2 Å². The van der Waals surface area contributed by atoms with Crippen LogP contribution in [0.15, 0.2) is 60.8 Å². The number of aliphatic hydroxyl groups excluding tert-OH is 3. The third-order valence-corrected chi connectivity index (χ3v) is 12.3. The Labute approximate surface area is 386 Å². The summed E-state index contributed by atoms with van der Waals surface area (Å²) in [6, 6.07) is -0.770. The summed E-state index contributed by atoms with van der Waals surface area (Å²) >= 11 is 0. The molecule has 0 saturated carbocycles. The second-order valence-electron chi connectivity index (χ2n) is 18.5. The molecule has 0 aliphatic heterocycles. The third kappa shape index (κ3) is 47.5. The van der Waals surface area contributed by atoms with Gasteiger partial charge in [-0.1, -0.05) is 248 Å². The lowest BCUT2D eigenvalue weighted by Crippen LogP contribution is -2.45. The molecule has 0 radical (unpaired) electrons. The van der Waals surface area contributed by atoms with Gasteiger partial charge in [0.05, 0.1) is 31.3 Å². The van der Waals surface area contributed by atoms with Crippen molar-refractivity contribution in [2.75, 3.05) is 6.61 Å². The van der Waals surface area contributed by atoms with Gasteiger partial charge in [0.1, 0.15) is 0 Å². The van der Waals surface area contributed by atoms with Gasteiger partial charge in [-0.15, -0.1) is 0 Å². The number of unbranched alkanes of at least 4 members (excludes halogenated alkanes) is 32. The SMILES string of the molecule is CCCCCCCCCC/C=C/CC/C=C/CC/C=C/C(O)C(CO)NC(=O)CC(O)CCCCCCCCCCCCCCC/C=C\C/C=C\CCCCCCCCCCC. The van der Waals surface area contributed by atoms with Crippen molar-refractivity contribution in [2.24, 2.45) is 0 Å². The highest BCUT2D eigenvalue weighted by Crippen LogP contribution is 2.16. The van der Waals surface area contributed by atoms with Crippen LogP contribution in [0.2, 0.25) is 0 Å². The van der Waals surface area contributed by atoms with E-state index in [2.05, 4.69) is 67.8 Å². The molecule has 0 aliphatic carbocycles. The van der Waals surface area contributed by atoms with Crippen molar-refractivity contribution >= 4 is 5.91 Å². The first-order chi connectivity index (χ1) is 30.5. The Morgan fingerprint density at radius 3 is 1.13 bits per heavy atom. The summed E-state index contributed by atoms with van der Waals surface area (Å²) in [6.45, 7) is 4.21. The van der Waals surface area contributed by atoms with Gasteiger partial charge in [-0.3, -0.25) is 4.79 Å². The lowest BCUT2D eigenvalue weighted by molar-refractivity contribution is -0.124. The molecule has 3 atom stereocenters. The standard InChI is InChI=1S/C57H105NO4/c1-3-5-7-9-11-13-15-17-19-21-23-24-25-26-27-28-29-30-31-32-33-34-36-38-40-42-44-46-48-50-54(60)52-57(62)58-55(53-59)56(61)51-49-47-45-43-41-39-37-35-22-20-18-16-14-12-10-8-6-4-2/h22-24,26-27,35,41,43,49,51,54-56,59-61H,3-21,25,28-34,36-40,42,44-48,50,52-53H2,1-2H3,(H,58,62)/b24-23-,27-26-,35-22+,43-41+,51-49+. The minimum absolute atomic E-state index is 0.000508. The molecule has 4 N–H and O–H groups in total. The molecule has 0 spiro atoms. The molecule has 0 aromatic carbocycles. The number of rotatable bonds is 49. The van der Waals surface area contributed by atoms with Crippen molar-refractivity contribution in [2.45, 2.75) is 289 Å². The first kappa shape index (κ1) is 60.1. The zero-order valence-corrected chi connectivity index (χ0v) is 41.2. The van der Waals surface area contributed by atoms with Gasteiger partial charge < -0.3 is 20.6 Å². The van der Waals surface area contributed by atoms with Crippen LogP contribution in [0, 0.1) is 0 Å². The second-order valence-corrected chi connectivity index (χ2v) is 18.5. The maximum atomic E-state index is 12.5. The highest BCUT2D eigenvalue weighted by atomic mass is 16.3. The van der Waals surface area contributed by atoms with Gasteiger partial charge in [0.2, 0.25) is 5.91 Å². The van der Waals surface area contributed by atoms with E-state index in [1.54, 1.807) is 6.08 Å². The van der Waals surface area contributed by atoms with Crippen molar-refractivity contribution in [3.8, 4) is 0 Å².